The average Bonchev–Trinajstić information content (AvgIpc) is 2.25. The summed E-state index contributed by atoms with van der Waals surface area (Å²) in [4.78, 5) is 10.7. The quantitative estimate of drug-likeness (QED) is 0.889. The van der Waals surface area contributed by atoms with Gasteiger partial charge in [0.25, 0.3) is 0 Å². The van der Waals surface area contributed by atoms with Gasteiger partial charge in [-0.15, -0.1) is 0 Å². The highest BCUT2D eigenvalue weighted by Gasteiger charge is 2.20. The molecule has 0 aromatic heterocycles. The monoisotopic (exact) mass is 294 g/mol. The van der Waals surface area contributed by atoms with Crippen molar-refractivity contribution in [3.05, 3.63) is 23.8 Å². The number of ether oxygens (including phenoxy) is 2. The molecule has 0 aliphatic heterocycles. The highest BCUT2D eigenvalue weighted by atomic mass is 16.5. The first-order valence-corrected chi connectivity index (χ1v) is 7.19. The predicted octanol–water partition coefficient (Wildman–Crippen LogP) is 4.06. The van der Waals surface area contributed by atoms with Crippen molar-refractivity contribution in [3.63, 3.8) is 0 Å². The topological polar surface area (TPSA) is 55.8 Å². The molecule has 4 nitrogen and oxygen atoms in total. The van der Waals surface area contributed by atoms with E-state index in [2.05, 4.69) is 0 Å². The molecule has 0 saturated heterocycles. The van der Waals surface area contributed by atoms with Gasteiger partial charge in [0.1, 0.15) is 11.2 Å². The maximum Gasteiger partial charge on any atom is 0.303 e. The van der Waals surface area contributed by atoms with E-state index < -0.39 is 5.97 Å². The maximum absolute atomic E-state index is 10.7. The summed E-state index contributed by atoms with van der Waals surface area (Å²) in [6.07, 6.45) is 0.583. The molecular weight excluding hydrogens is 268 g/mol. The van der Waals surface area contributed by atoms with E-state index in [-0.39, 0.29) is 17.6 Å². The molecule has 0 atom stereocenters. The molecular formula is C17H26O4. The van der Waals surface area contributed by atoms with Crippen molar-refractivity contribution in [2.45, 2.75) is 65.6 Å². The van der Waals surface area contributed by atoms with Crippen LogP contribution in [0.2, 0.25) is 0 Å². The summed E-state index contributed by atoms with van der Waals surface area (Å²) in [6, 6.07) is 5.61. The molecule has 1 N–H and O–H groups in total. The molecule has 0 aliphatic carbocycles. The van der Waals surface area contributed by atoms with E-state index in [1.54, 1.807) is 0 Å². The molecule has 1 aromatic carbocycles. The van der Waals surface area contributed by atoms with Gasteiger partial charge >= 0.3 is 5.97 Å². The average molecular weight is 294 g/mol. The minimum Gasteiger partial charge on any atom is -0.484 e. The molecule has 0 bridgehead atoms. The zero-order valence-corrected chi connectivity index (χ0v) is 13.8. The minimum atomic E-state index is -0.802. The summed E-state index contributed by atoms with van der Waals surface area (Å²) in [7, 11) is 0. The van der Waals surface area contributed by atoms with Crippen LogP contribution in [0.4, 0.5) is 0 Å². The molecule has 0 saturated carbocycles. The fraction of sp³-hybridized carbons (Fsp3) is 0.588. The van der Waals surface area contributed by atoms with Crippen LogP contribution in [0, 0.1) is 0 Å². The lowest BCUT2D eigenvalue weighted by molar-refractivity contribution is -0.136. The molecule has 118 valence electrons. The summed E-state index contributed by atoms with van der Waals surface area (Å²) in [5.74, 6) is 0.528. The summed E-state index contributed by atoms with van der Waals surface area (Å²) < 4.78 is 11.9. The van der Waals surface area contributed by atoms with Gasteiger partial charge in [-0.2, -0.15) is 0 Å². The van der Waals surface area contributed by atoms with Crippen LogP contribution in [0.25, 0.3) is 0 Å². The standard InChI is InChI=1S/C17H26O4/c1-16(2,3)20-13-9-7-12(8-10-15(18)19)11-14(13)21-17(4,5)6/h7,9,11H,8,10H2,1-6H3,(H,18,19). The normalized spacial score (nSPS) is 12.1. The van der Waals surface area contributed by atoms with Gasteiger partial charge in [0.2, 0.25) is 0 Å². The van der Waals surface area contributed by atoms with Crippen molar-refractivity contribution < 1.29 is 19.4 Å². The summed E-state index contributed by atoms with van der Waals surface area (Å²) in [5.41, 5.74) is 0.262. The van der Waals surface area contributed by atoms with Crippen molar-refractivity contribution in [3.8, 4) is 11.5 Å². The molecule has 0 heterocycles. The summed E-state index contributed by atoms with van der Waals surface area (Å²) in [6.45, 7) is 11.8. The number of aliphatic carboxylic acids is 1. The van der Waals surface area contributed by atoms with Crippen molar-refractivity contribution in [1.29, 1.82) is 0 Å². The number of hydrogen-bond donors (Lipinski definition) is 1. The summed E-state index contributed by atoms with van der Waals surface area (Å²) in [5, 5.41) is 8.78. The van der Waals surface area contributed by atoms with Gasteiger partial charge in [0, 0.05) is 6.42 Å². The molecule has 1 aromatic rings. The molecule has 0 fully saturated rings. The van der Waals surface area contributed by atoms with Gasteiger partial charge in [-0.05, 0) is 65.7 Å². The van der Waals surface area contributed by atoms with Gasteiger partial charge in [0.05, 0.1) is 0 Å². The van der Waals surface area contributed by atoms with Crippen molar-refractivity contribution in [2.24, 2.45) is 0 Å². The van der Waals surface area contributed by atoms with E-state index >= 15 is 0 Å². The Morgan fingerprint density at radius 1 is 1.00 bits per heavy atom. The van der Waals surface area contributed by atoms with Gasteiger partial charge in [-0.1, -0.05) is 6.07 Å². The Hall–Kier alpha value is -1.71. The second-order valence-corrected chi connectivity index (χ2v) is 7.10. The van der Waals surface area contributed by atoms with E-state index in [0.29, 0.717) is 17.9 Å². The van der Waals surface area contributed by atoms with Crippen LogP contribution in [0.1, 0.15) is 53.5 Å². The number of carbonyl (C=O) groups is 1. The molecule has 0 amide bonds. The highest BCUT2D eigenvalue weighted by Crippen LogP contribution is 2.34. The van der Waals surface area contributed by atoms with Gasteiger partial charge in [0.15, 0.2) is 11.5 Å². The zero-order chi connectivity index (χ0) is 16.3. The Morgan fingerprint density at radius 3 is 2.00 bits per heavy atom. The Labute approximate surface area is 127 Å². The van der Waals surface area contributed by atoms with Crippen LogP contribution in [-0.4, -0.2) is 22.3 Å². The Balaban J connectivity index is 3.04. The molecule has 0 spiro atoms. The number of carboxylic acids is 1. The first kappa shape index (κ1) is 17.3. The Kier molecular flexibility index (Phi) is 5.26. The van der Waals surface area contributed by atoms with E-state index in [0.717, 1.165) is 5.56 Å². The SMILES string of the molecule is CC(C)(C)Oc1ccc(CCC(=O)O)cc1OC(C)(C)C. The van der Waals surface area contributed by atoms with Crippen LogP contribution >= 0.6 is 0 Å². The smallest absolute Gasteiger partial charge is 0.303 e. The molecule has 1 rings (SSSR count). The van der Waals surface area contributed by atoms with Crippen LogP contribution in [-0.2, 0) is 11.2 Å². The van der Waals surface area contributed by atoms with Crippen molar-refractivity contribution in [1.82, 2.24) is 0 Å². The van der Waals surface area contributed by atoms with E-state index in [9.17, 15) is 4.79 Å². The maximum atomic E-state index is 10.7. The van der Waals surface area contributed by atoms with E-state index in [4.69, 9.17) is 14.6 Å². The number of aryl methyl sites for hydroxylation is 1. The summed E-state index contributed by atoms with van der Waals surface area (Å²) >= 11 is 0. The first-order valence-electron chi connectivity index (χ1n) is 7.19. The fourth-order valence-electron chi connectivity index (χ4n) is 1.78. The van der Waals surface area contributed by atoms with Crippen LogP contribution < -0.4 is 9.47 Å². The largest absolute Gasteiger partial charge is 0.484 e. The number of rotatable bonds is 5. The number of benzene rings is 1. The van der Waals surface area contributed by atoms with Crippen molar-refractivity contribution in [2.75, 3.05) is 0 Å². The van der Waals surface area contributed by atoms with Gasteiger partial charge in [-0.25, -0.2) is 0 Å². The second kappa shape index (κ2) is 6.37. The number of carboxylic acid groups (broad SMARTS) is 1. The van der Waals surface area contributed by atoms with Gasteiger partial charge in [-0.3, -0.25) is 4.79 Å². The molecule has 0 unspecified atom stereocenters. The fourth-order valence-corrected chi connectivity index (χ4v) is 1.78. The third-order valence-electron chi connectivity index (χ3n) is 2.47. The lowest BCUT2D eigenvalue weighted by Crippen LogP contribution is -2.26. The highest BCUT2D eigenvalue weighted by molar-refractivity contribution is 5.67. The van der Waals surface area contributed by atoms with Crippen LogP contribution in [0.15, 0.2) is 18.2 Å². The lowest BCUT2D eigenvalue weighted by Gasteiger charge is -2.27. The van der Waals surface area contributed by atoms with E-state index in [1.807, 2.05) is 59.7 Å². The third-order valence-corrected chi connectivity index (χ3v) is 2.47. The predicted molar refractivity (Wildman–Crippen MR) is 83.2 cm³/mol. The second-order valence-electron chi connectivity index (χ2n) is 7.10. The first-order chi connectivity index (χ1) is 9.46. The van der Waals surface area contributed by atoms with Crippen LogP contribution in [0.3, 0.4) is 0 Å². The molecule has 0 aliphatic rings. The zero-order valence-electron chi connectivity index (χ0n) is 13.8. The Morgan fingerprint density at radius 2 is 1.52 bits per heavy atom. The molecule has 4 heteroatoms. The lowest BCUT2D eigenvalue weighted by atomic mass is 10.1. The molecule has 0 radical (unpaired) electrons. The minimum absolute atomic E-state index is 0.106. The van der Waals surface area contributed by atoms with Crippen LogP contribution in [0.5, 0.6) is 11.5 Å². The van der Waals surface area contributed by atoms with Crippen molar-refractivity contribution >= 4 is 5.97 Å². The van der Waals surface area contributed by atoms with E-state index in [1.165, 1.54) is 0 Å². The molecule has 21 heavy (non-hydrogen) atoms. The third kappa shape index (κ3) is 7.02. The number of hydrogen-bond acceptors (Lipinski definition) is 3. The Bertz CT molecular complexity index is 492. The van der Waals surface area contributed by atoms with Gasteiger partial charge < -0.3 is 14.6 Å².